The topological polar surface area (TPSA) is 85.6 Å². The monoisotopic (exact) mass is 488 g/mol. The van der Waals surface area contributed by atoms with Gasteiger partial charge in [0.05, 0.1) is 39.0 Å². The van der Waals surface area contributed by atoms with Crippen LogP contribution in [0.5, 0.6) is 5.88 Å². The highest BCUT2D eigenvalue weighted by molar-refractivity contribution is 5.89. The number of aromatic nitrogens is 1. The summed E-state index contributed by atoms with van der Waals surface area (Å²) in [6.45, 7) is 6.08. The van der Waals surface area contributed by atoms with E-state index in [1.807, 2.05) is 36.4 Å². The van der Waals surface area contributed by atoms with Gasteiger partial charge in [0.15, 0.2) is 5.82 Å². The van der Waals surface area contributed by atoms with Crippen molar-refractivity contribution in [2.45, 2.75) is 26.3 Å². The van der Waals surface area contributed by atoms with Gasteiger partial charge in [-0.1, -0.05) is 42.0 Å². The SMILES string of the molecule is COC(=O)c1ccc(CCCOc2cc(N3CCOCC3)cc(N=NCc3cccc(C)c3)n2)cc1. The summed E-state index contributed by atoms with van der Waals surface area (Å²) >= 11 is 0. The Labute approximate surface area is 211 Å². The predicted octanol–water partition coefficient (Wildman–Crippen LogP) is 5.31. The molecule has 0 spiro atoms. The summed E-state index contributed by atoms with van der Waals surface area (Å²) in [5.74, 6) is 0.729. The van der Waals surface area contributed by atoms with Crippen molar-refractivity contribution in [2.75, 3.05) is 44.9 Å². The number of benzene rings is 2. The molecule has 4 rings (SSSR count). The zero-order chi connectivity index (χ0) is 25.2. The largest absolute Gasteiger partial charge is 0.478 e. The first-order chi connectivity index (χ1) is 17.6. The summed E-state index contributed by atoms with van der Waals surface area (Å²) in [5.41, 5.74) is 4.99. The highest BCUT2D eigenvalue weighted by Crippen LogP contribution is 2.27. The summed E-state index contributed by atoms with van der Waals surface area (Å²) in [6.07, 6.45) is 1.64. The normalized spacial score (nSPS) is 13.7. The molecule has 2 heterocycles. The highest BCUT2D eigenvalue weighted by atomic mass is 16.5. The number of hydrogen-bond donors (Lipinski definition) is 0. The minimum absolute atomic E-state index is 0.331. The van der Waals surface area contributed by atoms with E-state index in [0.29, 0.717) is 43.6 Å². The summed E-state index contributed by atoms with van der Waals surface area (Å²) in [6, 6.07) is 19.6. The number of morpholine rings is 1. The molecule has 0 N–H and O–H groups in total. The van der Waals surface area contributed by atoms with Gasteiger partial charge in [0.2, 0.25) is 5.88 Å². The Balaban J connectivity index is 1.38. The lowest BCUT2D eigenvalue weighted by atomic mass is 10.1. The summed E-state index contributed by atoms with van der Waals surface area (Å²) in [5, 5.41) is 8.76. The number of hydrogen-bond acceptors (Lipinski definition) is 8. The van der Waals surface area contributed by atoms with E-state index in [4.69, 9.17) is 14.2 Å². The third kappa shape index (κ3) is 7.36. The van der Waals surface area contributed by atoms with Crippen LogP contribution in [-0.2, 0) is 22.4 Å². The maximum atomic E-state index is 11.6. The lowest BCUT2D eigenvalue weighted by Gasteiger charge is -2.29. The number of pyridine rings is 1. The lowest BCUT2D eigenvalue weighted by Crippen LogP contribution is -2.36. The second-order valence-electron chi connectivity index (χ2n) is 8.65. The van der Waals surface area contributed by atoms with Gasteiger partial charge in [0, 0.05) is 30.9 Å². The van der Waals surface area contributed by atoms with Gasteiger partial charge in [0.1, 0.15) is 0 Å². The minimum Gasteiger partial charge on any atom is -0.478 e. The fraction of sp³-hybridized carbons (Fsp3) is 0.357. The van der Waals surface area contributed by atoms with Crippen LogP contribution in [0, 0.1) is 6.92 Å². The molecule has 0 unspecified atom stereocenters. The average molecular weight is 489 g/mol. The molecule has 8 nitrogen and oxygen atoms in total. The first-order valence-electron chi connectivity index (χ1n) is 12.2. The Hall–Kier alpha value is -3.78. The Kier molecular flexibility index (Phi) is 8.99. The molecule has 1 saturated heterocycles. The van der Waals surface area contributed by atoms with E-state index < -0.39 is 0 Å². The van der Waals surface area contributed by atoms with Crippen LogP contribution in [0.15, 0.2) is 70.9 Å². The number of nitrogens with zero attached hydrogens (tertiary/aromatic N) is 4. The van der Waals surface area contributed by atoms with Crippen LogP contribution in [0.25, 0.3) is 0 Å². The van der Waals surface area contributed by atoms with Crippen molar-refractivity contribution >= 4 is 17.5 Å². The quantitative estimate of drug-likeness (QED) is 0.218. The molecule has 0 bridgehead atoms. The van der Waals surface area contributed by atoms with Gasteiger partial charge in [-0.15, -0.1) is 5.11 Å². The third-order valence-electron chi connectivity index (χ3n) is 5.89. The predicted molar refractivity (Wildman–Crippen MR) is 138 cm³/mol. The smallest absolute Gasteiger partial charge is 0.337 e. The Bertz CT molecular complexity index is 1170. The molecule has 3 aromatic rings. The molecule has 8 heteroatoms. The van der Waals surface area contributed by atoms with Gasteiger partial charge < -0.3 is 19.1 Å². The molecule has 0 radical (unpaired) electrons. The van der Waals surface area contributed by atoms with Crippen LogP contribution >= 0.6 is 0 Å². The van der Waals surface area contributed by atoms with Crippen LogP contribution < -0.4 is 9.64 Å². The van der Waals surface area contributed by atoms with Gasteiger partial charge in [-0.3, -0.25) is 0 Å². The maximum absolute atomic E-state index is 11.6. The van der Waals surface area contributed by atoms with Crippen molar-refractivity contribution in [3.05, 3.63) is 82.9 Å². The third-order valence-corrected chi connectivity index (χ3v) is 5.89. The van der Waals surface area contributed by atoms with E-state index >= 15 is 0 Å². The van der Waals surface area contributed by atoms with E-state index in [0.717, 1.165) is 42.7 Å². The number of methoxy groups -OCH3 is 1. The molecule has 0 saturated carbocycles. The maximum Gasteiger partial charge on any atom is 0.337 e. The minimum atomic E-state index is -0.331. The van der Waals surface area contributed by atoms with E-state index in [1.54, 1.807) is 12.1 Å². The summed E-state index contributed by atoms with van der Waals surface area (Å²) in [4.78, 5) is 18.4. The first kappa shape index (κ1) is 25.3. The summed E-state index contributed by atoms with van der Waals surface area (Å²) in [7, 11) is 1.38. The van der Waals surface area contributed by atoms with Gasteiger partial charge in [-0.25, -0.2) is 4.79 Å². The molecular formula is C28H32N4O4. The second-order valence-corrected chi connectivity index (χ2v) is 8.65. The molecule has 1 aliphatic heterocycles. The highest BCUT2D eigenvalue weighted by Gasteiger charge is 2.14. The van der Waals surface area contributed by atoms with E-state index in [-0.39, 0.29) is 5.97 Å². The second kappa shape index (κ2) is 12.8. The van der Waals surface area contributed by atoms with E-state index in [1.165, 1.54) is 12.7 Å². The van der Waals surface area contributed by atoms with Crippen molar-refractivity contribution in [1.29, 1.82) is 0 Å². The Morgan fingerprint density at radius 1 is 1.06 bits per heavy atom. The summed E-state index contributed by atoms with van der Waals surface area (Å²) < 4.78 is 16.3. The molecule has 36 heavy (non-hydrogen) atoms. The molecule has 1 aliphatic rings. The van der Waals surface area contributed by atoms with Crippen LogP contribution in [0.4, 0.5) is 11.5 Å². The fourth-order valence-corrected chi connectivity index (χ4v) is 3.99. The van der Waals surface area contributed by atoms with Crippen LogP contribution in [0.3, 0.4) is 0 Å². The van der Waals surface area contributed by atoms with Crippen molar-refractivity contribution in [2.24, 2.45) is 10.2 Å². The molecule has 0 amide bonds. The van der Waals surface area contributed by atoms with Crippen molar-refractivity contribution in [3.63, 3.8) is 0 Å². The number of esters is 1. The molecule has 1 fully saturated rings. The van der Waals surface area contributed by atoms with E-state index in [9.17, 15) is 4.79 Å². The molecule has 1 aromatic heterocycles. The number of aryl methyl sites for hydroxylation is 2. The molecule has 188 valence electrons. The first-order valence-corrected chi connectivity index (χ1v) is 12.2. The van der Waals surface area contributed by atoms with Gasteiger partial charge in [-0.05, 0) is 43.0 Å². The van der Waals surface area contributed by atoms with Gasteiger partial charge in [0.25, 0.3) is 0 Å². The number of carbonyl (C=O) groups is 1. The van der Waals surface area contributed by atoms with E-state index in [2.05, 4.69) is 39.2 Å². The molecule has 0 aliphatic carbocycles. The Morgan fingerprint density at radius 3 is 2.61 bits per heavy atom. The number of azo groups is 1. The van der Waals surface area contributed by atoms with Gasteiger partial charge in [-0.2, -0.15) is 10.1 Å². The number of anilines is 1. The van der Waals surface area contributed by atoms with Crippen LogP contribution in [-0.4, -0.2) is 51.0 Å². The van der Waals surface area contributed by atoms with Crippen molar-refractivity contribution in [3.8, 4) is 5.88 Å². The molecule has 0 atom stereocenters. The average Bonchev–Trinajstić information content (AvgIpc) is 2.91. The number of carbonyl (C=O) groups excluding carboxylic acids is 1. The van der Waals surface area contributed by atoms with Gasteiger partial charge >= 0.3 is 5.97 Å². The Morgan fingerprint density at radius 2 is 1.86 bits per heavy atom. The lowest BCUT2D eigenvalue weighted by molar-refractivity contribution is 0.0600. The molecular weight excluding hydrogens is 456 g/mol. The number of rotatable bonds is 10. The zero-order valence-corrected chi connectivity index (χ0v) is 20.9. The molecule has 2 aromatic carbocycles. The zero-order valence-electron chi connectivity index (χ0n) is 20.9. The standard InChI is InChI=1S/C28H32N4O4/c1-21-5-3-6-23(17-21)20-29-31-26-18-25(32-12-15-35-16-13-32)19-27(30-26)36-14-4-7-22-8-10-24(11-9-22)28(33)34-2/h3,5-6,8-11,17-19H,4,7,12-16,20H2,1-2H3. The number of ether oxygens (including phenoxy) is 3. The van der Waals surface area contributed by atoms with Crippen molar-refractivity contribution in [1.82, 2.24) is 4.98 Å². The van der Waals surface area contributed by atoms with Crippen molar-refractivity contribution < 1.29 is 19.0 Å². The fourth-order valence-electron chi connectivity index (χ4n) is 3.99. The van der Waals surface area contributed by atoms with Crippen LogP contribution in [0.1, 0.15) is 33.5 Å². The van der Waals surface area contributed by atoms with Crippen LogP contribution in [0.2, 0.25) is 0 Å².